The summed E-state index contributed by atoms with van der Waals surface area (Å²) in [6.07, 6.45) is 17.9. The predicted molar refractivity (Wildman–Crippen MR) is 114 cm³/mol. The Morgan fingerprint density at radius 1 is 1.00 bits per heavy atom. The molecular formula is C24H40O4. The fraction of sp³-hybridized carbons (Fsp3) is 0.750. The highest BCUT2D eigenvalue weighted by molar-refractivity contribution is 5.74. The maximum atomic E-state index is 11.3. The summed E-state index contributed by atoms with van der Waals surface area (Å²) in [6.45, 7) is 9.38. The number of carboxylic acid groups (broad SMARTS) is 1. The molecule has 2 aliphatic rings. The molecule has 0 aromatic heterocycles. The second-order valence-corrected chi connectivity index (χ2v) is 8.56. The van der Waals surface area contributed by atoms with E-state index in [1.54, 1.807) is 12.2 Å². The smallest absolute Gasteiger partial charge is 0.309 e. The summed E-state index contributed by atoms with van der Waals surface area (Å²) in [7, 11) is 0. The third-order valence-corrected chi connectivity index (χ3v) is 6.41. The van der Waals surface area contributed by atoms with Gasteiger partial charge in [0.2, 0.25) is 0 Å². The van der Waals surface area contributed by atoms with Crippen LogP contribution in [-0.4, -0.2) is 23.7 Å². The summed E-state index contributed by atoms with van der Waals surface area (Å²) < 4.78 is 4.93. The topological polar surface area (TPSA) is 63.6 Å². The number of carboxylic acids is 1. The molecule has 1 atom stereocenters. The van der Waals surface area contributed by atoms with Crippen molar-refractivity contribution in [2.75, 3.05) is 6.61 Å². The van der Waals surface area contributed by atoms with Crippen LogP contribution in [0, 0.1) is 17.3 Å². The van der Waals surface area contributed by atoms with Crippen LogP contribution in [0.2, 0.25) is 0 Å². The normalized spacial score (nSPS) is 20.2. The molecule has 0 bridgehead atoms. The SMILES string of the molecule is C=CCC(C)(C(=O)O)C1CCCCC1.C=CCOC(=O)CCC1CCCCC1. The first-order chi connectivity index (χ1) is 13.4. The number of rotatable bonds is 9. The lowest BCUT2D eigenvalue weighted by molar-refractivity contribution is -0.152. The van der Waals surface area contributed by atoms with Crippen LogP contribution >= 0.6 is 0 Å². The Bertz CT molecular complexity index is 487. The molecule has 160 valence electrons. The first-order valence-corrected chi connectivity index (χ1v) is 11.0. The molecule has 0 amide bonds. The first kappa shape index (κ1) is 24.5. The van der Waals surface area contributed by atoms with Gasteiger partial charge in [-0.2, -0.15) is 0 Å². The quantitative estimate of drug-likeness (QED) is 0.369. The Labute approximate surface area is 171 Å². The van der Waals surface area contributed by atoms with E-state index in [4.69, 9.17) is 4.74 Å². The average molecular weight is 393 g/mol. The second kappa shape index (κ2) is 13.6. The highest BCUT2D eigenvalue weighted by Gasteiger charge is 2.40. The Morgan fingerprint density at radius 3 is 2.07 bits per heavy atom. The third kappa shape index (κ3) is 8.62. The Hall–Kier alpha value is -1.58. The number of hydrogen-bond donors (Lipinski definition) is 1. The average Bonchev–Trinajstić information content (AvgIpc) is 2.72. The molecule has 0 heterocycles. The van der Waals surface area contributed by atoms with Gasteiger partial charge in [-0.05, 0) is 44.4 Å². The zero-order valence-corrected chi connectivity index (χ0v) is 17.8. The highest BCUT2D eigenvalue weighted by atomic mass is 16.5. The van der Waals surface area contributed by atoms with Gasteiger partial charge < -0.3 is 9.84 Å². The van der Waals surface area contributed by atoms with Gasteiger partial charge in [-0.3, -0.25) is 9.59 Å². The van der Waals surface area contributed by atoms with E-state index in [9.17, 15) is 14.7 Å². The summed E-state index contributed by atoms with van der Waals surface area (Å²) in [4.78, 5) is 22.4. The third-order valence-electron chi connectivity index (χ3n) is 6.41. The number of hydrogen-bond acceptors (Lipinski definition) is 3. The van der Waals surface area contributed by atoms with Crippen molar-refractivity contribution in [3.05, 3.63) is 25.3 Å². The fourth-order valence-corrected chi connectivity index (χ4v) is 4.49. The molecule has 28 heavy (non-hydrogen) atoms. The summed E-state index contributed by atoms with van der Waals surface area (Å²) in [5.74, 6) is 0.367. The van der Waals surface area contributed by atoms with Crippen LogP contribution in [-0.2, 0) is 14.3 Å². The van der Waals surface area contributed by atoms with Crippen LogP contribution in [0.25, 0.3) is 0 Å². The first-order valence-electron chi connectivity index (χ1n) is 11.0. The molecule has 4 nitrogen and oxygen atoms in total. The molecule has 0 saturated heterocycles. The van der Waals surface area contributed by atoms with Gasteiger partial charge in [0, 0.05) is 6.42 Å². The summed E-state index contributed by atoms with van der Waals surface area (Å²) in [5, 5.41) is 9.27. The van der Waals surface area contributed by atoms with Crippen LogP contribution in [0.5, 0.6) is 0 Å². The standard InChI is InChI=1S/2C12H20O2/c1-3-9-12(2,11(13)14)10-7-5-4-6-8-10;1-2-10-14-12(13)9-8-11-6-4-3-5-7-11/h3,10H,1,4-9H2,2H3,(H,13,14);2,11H,1,3-10H2. The van der Waals surface area contributed by atoms with Crippen molar-refractivity contribution in [2.45, 2.75) is 90.4 Å². The molecule has 1 unspecified atom stereocenters. The number of aliphatic carboxylic acids is 1. The lowest BCUT2D eigenvalue weighted by atomic mass is 9.68. The largest absolute Gasteiger partial charge is 0.481 e. The molecule has 2 saturated carbocycles. The molecule has 2 fully saturated rings. The highest BCUT2D eigenvalue weighted by Crippen LogP contribution is 2.41. The van der Waals surface area contributed by atoms with E-state index in [0.29, 0.717) is 25.4 Å². The minimum atomic E-state index is -0.663. The minimum absolute atomic E-state index is 0.0736. The van der Waals surface area contributed by atoms with Crippen LogP contribution in [0.4, 0.5) is 0 Å². The van der Waals surface area contributed by atoms with E-state index >= 15 is 0 Å². The van der Waals surface area contributed by atoms with Gasteiger partial charge in [0.25, 0.3) is 0 Å². The van der Waals surface area contributed by atoms with E-state index in [1.165, 1.54) is 51.4 Å². The molecule has 2 aliphatic carbocycles. The summed E-state index contributed by atoms with van der Waals surface area (Å²) in [5.41, 5.74) is -0.581. The van der Waals surface area contributed by atoms with Gasteiger partial charge in [-0.1, -0.05) is 70.1 Å². The van der Waals surface area contributed by atoms with Crippen molar-refractivity contribution in [1.29, 1.82) is 0 Å². The van der Waals surface area contributed by atoms with E-state index in [2.05, 4.69) is 13.2 Å². The molecule has 0 aromatic rings. The van der Waals surface area contributed by atoms with Crippen molar-refractivity contribution >= 4 is 11.9 Å². The van der Waals surface area contributed by atoms with Crippen molar-refractivity contribution in [2.24, 2.45) is 17.3 Å². The van der Waals surface area contributed by atoms with Crippen LogP contribution < -0.4 is 0 Å². The summed E-state index contributed by atoms with van der Waals surface area (Å²) >= 11 is 0. The van der Waals surface area contributed by atoms with E-state index in [-0.39, 0.29) is 5.97 Å². The minimum Gasteiger partial charge on any atom is -0.481 e. The predicted octanol–water partition coefficient (Wildman–Crippen LogP) is 6.31. The number of ether oxygens (including phenoxy) is 1. The summed E-state index contributed by atoms with van der Waals surface area (Å²) in [6, 6.07) is 0. The van der Waals surface area contributed by atoms with Gasteiger partial charge >= 0.3 is 11.9 Å². The maximum Gasteiger partial charge on any atom is 0.309 e. The van der Waals surface area contributed by atoms with Crippen molar-refractivity contribution in [3.63, 3.8) is 0 Å². The van der Waals surface area contributed by atoms with Crippen molar-refractivity contribution < 1.29 is 19.4 Å². The molecule has 2 rings (SSSR count). The zero-order valence-electron chi connectivity index (χ0n) is 17.8. The molecule has 0 aromatic carbocycles. The molecule has 0 radical (unpaired) electrons. The van der Waals surface area contributed by atoms with Crippen LogP contribution in [0.15, 0.2) is 25.3 Å². The van der Waals surface area contributed by atoms with Crippen LogP contribution in [0.1, 0.15) is 90.4 Å². The Kier molecular flexibility index (Phi) is 11.9. The zero-order chi connectivity index (χ0) is 20.8. The van der Waals surface area contributed by atoms with Gasteiger partial charge in [-0.25, -0.2) is 0 Å². The number of carbonyl (C=O) groups is 2. The molecule has 1 N–H and O–H groups in total. The second-order valence-electron chi connectivity index (χ2n) is 8.56. The van der Waals surface area contributed by atoms with Gasteiger partial charge in [0.05, 0.1) is 5.41 Å². The van der Waals surface area contributed by atoms with Gasteiger partial charge in [0.1, 0.15) is 6.61 Å². The lowest BCUT2D eigenvalue weighted by Gasteiger charge is -2.35. The Morgan fingerprint density at radius 2 is 1.57 bits per heavy atom. The van der Waals surface area contributed by atoms with Gasteiger partial charge in [0.15, 0.2) is 0 Å². The lowest BCUT2D eigenvalue weighted by Crippen LogP contribution is -2.36. The molecular weight excluding hydrogens is 352 g/mol. The van der Waals surface area contributed by atoms with Gasteiger partial charge in [-0.15, -0.1) is 6.58 Å². The van der Waals surface area contributed by atoms with E-state index in [0.717, 1.165) is 25.2 Å². The fourth-order valence-electron chi connectivity index (χ4n) is 4.49. The number of esters is 1. The van der Waals surface area contributed by atoms with E-state index in [1.807, 2.05) is 6.92 Å². The molecule has 0 spiro atoms. The molecule has 4 heteroatoms. The monoisotopic (exact) mass is 392 g/mol. The molecule has 0 aliphatic heterocycles. The van der Waals surface area contributed by atoms with Crippen molar-refractivity contribution in [1.82, 2.24) is 0 Å². The number of allylic oxidation sites excluding steroid dienone is 1. The maximum absolute atomic E-state index is 11.3. The number of carbonyl (C=O) groups excluding carboxylic acids is 1. The van der Waals surface area contributed by atoms with Crippen molar-refractivity contribution in [3.8, 4) is 0 Å². The van der Waals surface area contributed by atoms with E-state index < -0.39 is 11.4 Å². The Balaban J connectivity index is 0.000000280. The van der Waals surface area contributed by atoms with Crippen LogP contribution in [0.3, 0.4) is 0 Å².